The molecule has 0 radical (unpaired) electrons. The van der Waals surface area contributed by atoms with Crippen LogP contribution in [0, 0.1) is 0 Å². The van der Waals surface area contributed by atoms with Crippen LogP contribution in [0.25, 0.3) is 0 Å². The fraction of sp³-hybridized carbons (Fsp3) is 0.353. The standard InChI is InChI=1S/C17H16Cl2F3N3/c1-23-16(17(20,21)22)10-3-5-14(24-8-10)25-11-6-9-2-4-13(18)15(19)12(9)7-11/h2-5,8,11,16,23H,6-7H2,1H3,(H,24,25). The Bertz CT molecular complexity index is 763. The zero-order valence-electron chi connectivity index (χ0n) is 13.3. The summed E-state index contributed by atoms with van der Waals surface area (Å²) in [6.07, 6.45) is -1.67. The zero-order valence-corrected chi connectivity index (χ0v) is 14.8. The van der Waals surface area contributed by atoms with Gasteiger partial charge in [0.15, 0.2) is 0 Å². The van der Waals surface area contributed by atoms with Gasteiger partial charge in [-0.15, -0.1) is 0 Å². The number of benzene rings is 1. The molecule has 25 heavy (non-hydrogen) atoms. The molecule has 0 spiro atoms. The zero-order chi connectivity index (χ0) is 18.2. The maximum atomic E-state index is 12.9. The van der Waals surface area contributed by atoms with Gasteiger partial charge in [-0.1, -0.05) is 35.3 Å². The van der Waals surface area contributed by atoms with Crippen LogP contribution < -0.4 is 10.6 Å². The Labute approximate surface area is 153 Å². The summed E-state index contributed by atoms with van der Waals surface area (Å²) in [5.41, 5.74) is 2.21. The molecule has 134 valence electrons. The number of rotatable bonds is 4. The molecule has 0 saturated heterocycles. The molecule has 0 aliphatic heterocycles. The first-order valence-electron chi connectivity index (χ1n) is 7.72. The number of alkyl halides is 3. The van der Waals surface area contributed by atoms with Gasteiger partial charge in [-0.3, -0.25) is 0 Å². The van der Waals surface area contributed by atoms with E-state index in [0.717, 1.165) is 17.5 Å². The molecule has 8 heteroatoms. The van der Waals surface area contributed by atoms with Gasteiger partial charge in [-0.05, 0) is 48.7 Å². The number of nitrogens with one attached hydrogen (secondary N) is 2. The highest BCUT2D eigenvalue weighted by Gasteiger charge is 2.39. The third kappa shape index (κ3) is 3.86. The maximum absolute atomic E-state index is 12.9. The lowest BCUT2D eigenvalue weighted by molar-refractivity contribution is -0.156. The molecule has 0 amide bonds. The molecule has 3 nitrogen and oxygen atoms in total. The summed E-state index contributed by atoms with van der Waals surface area (Å²) in [4.78, 5) is 4.12. The molecule has 1 aromatic carbocycles. The Kier molecular flexibility index (Phi) is 5.14. The first-order chi connectivity index (χ1) is 11.8. The second-order valence-electron chi connectivity index (χ2n) is 5.99. The Hall–Kier alpha value is -1.50. The van der Waals surface area contributed by atoms with E-state index < -0.39 is 12.2 Å². The molecular weight excluding hydrogens is 374 g/mol. The lowest BCUT2D eigenvalue weighted by atomic mass is 10.1. The molecule has 1 aliphatic rings. The fourth-order valence-electron chi connectivity index (χ4n) is 3.12. The second-order valence-corrected chi connectivity index (χ2v) is 6.77. The molecule has 2 N–H and O–H groups in total. The van der Waals surface area contributed by atoms with Crippen LogP contribution in [0.3, 0.4) is 0 Å². The van der Waals surface area contributed by atoms with Crippen molar-refractivity contribution in [3.8, 4) is 0 Å². The van der Waals surface area contributed by atoms with Crippen molar-refractivity contribution in [2.75, 3.05) is 12.4 Å². The van der Waals surface area contributed by atoms with Gasteiger partial charge >= 0.3 is 6.18 Å². The van der Waals surface area contributed by atoms with Gasteiger partial charge < -0.3 is 10.6 Å². The normalized spacial score (nSPS) is 18.1. The molecule has 0 fully saturated rings. The highest BCUT2D eigenvalue weighted by molar-refractivity contribution is 6.42. The Morgan fingerprint density at radius 1 is 1.16 bits per heavy atom. The molecular formula is C17H16Cl2F3N3. The van der Waals surface area contributed by atoms with Crippen LogP contribution >= 0.6 is 23.2 Å². The van der Waals surface area contributed by atoms with Crippen molar-refractivity contribution in [1.82, 2.24) is 10.3 Å². The largest absolute Gasteiger partial charge is 0.407 e. The topological polar surface area (TPSA) is 37.0 Å². The summed E-state index contributed by atoms with van der Waals surface area (Å²) < 4.78 is 38.8. The quantitative estimate of drug-likeness (QED) is 0.788. The minimum Gasteiger partial charge on any atom is -0.367 e. The number of hydrogen-bond donors (Lipinski definition) is 2. The fourth-order valence-corrected chi connectivity index (χ4v) is 3.56. The summed E-state index contributed by atoms with van der Waals surface area (Å²) >= 11 is 12.3. The number of nitrogens with zero attached hydrogens (tertiary/aromatic N) is 1. The second kappa shape index (κ2) is 7.02. The van der Waals surface area contributed by atoms with E-state index in [1.807, 2.05) is 6.07 Å². The van der Waals surface area contributed by atoms with Crippen LogP contribution in [0.2, 0.25) is 10.0 Å². The van der Waals surface area contributed by atoms with E-state index >= 15 is 0 Å². The van der Waals surface area contributed by atoms with Crippen LogP contribution in [-0.2, 0) is 12.8 Å². The minimum absolute atomic E-state index is 0.0742. The number of fused-ring (bicyclic) bond motifs is 1. The van der Waals surface area contributed by atoms with Gasteiger partial charge in [-0.2, -0.15) is 13.2 Å². The van der Waals surface area contributed by atoms with E-state index in [-0.39, 0.29) is 11.6 Å². The average Bonchev–Trinajstić information content (AvgIpc) is 2.95. The van der Waals surface area contributed by atoms with Gasteiger partial charge in [0.05, 0.1) is 10.0 Å². The predicted octanol–water partition coefficient (Wildman–Crippen LogP) is 4.79. The van der Waals surface area contributed by atoms with Crippen molar-refractivity contribution in [3.05, 3.63) is 57.2 Å². The highest BCUT2D eigenvalue weighted by atomic mass is 35.5. The minimum atomic E-state index is -4.37. The molecule has 1 aliphatic carbocycles. The van der Waals surface area contributed by atoms with Crippen molar-refractivity contribution < 1.29 is 13.2 Å². The summed E-state index contributed by atoms with van der Waals surface area (Å²) in [5, 5.41) is 6.59. The number of pyridine rings is 1. The molecule has 1 aromatic heterocycles. The molecule has 0 bridgehead atoms. The molecule has 2 unspecified atom stereocenters. The Balaban J connectivity index is 1.70. The van der Waals surface area contributed by atoms with Crippen molar-refractivity contribution >= 4 is 29.0 Å². The SMILES string of the molecule is CNC(c1ccc(NC2Cc3ccc(Cl)c(Cl)c3C2)nc1)C(F)(F)F. The van der Waals surface area contributed by atoms with Crippen LogP contribution in [0.5, 0.6) is 0 Å². The predicted molar refractivity (Wildman–Crippen MR) is 93.4 cm³/mol. The van der Waals surface area contributed by atoms with Crippen molar-refractivity contribution in [1.29, 1.82) is 0 Å². The molecule has 0 saturated carbocycles. The van der Waals surface area contributed by atoms with Crippen molar-refractivity contribution in [2.24, 2.45) is 0 Å². The number of aromatic nitrogens is 1. The molecule has 1 heterocycles. The van der Waals surface area contributed by atoms with Crippen molar-refractivity contribution in [2.45, 2.75) is 31.1 Å². The first kappa shape index (κ1) is 18.3. The monoisotopic (exact) mass is 389 g/mol. The maximum Gasteiger partial charge on any atom is 0.407 e. The smallest absolute Gasteiger partial charge is 0.367 e. The average molecular weight is 390 g/mol. The third-order valence-electron chi connectivity index (χ3n) is 4.30. The van der Waals surface area contributed by atoms with Crippen LogP contribution in [-0.4, -0.2) is 24.2 Å². The number of hydrogen-bond acceptors (Lipinski definition) is 3. The lowest BCUT2D eigenvalue weighted by Gasteiger charge is -2.20. The van der Waals surface area contributed by atoms with Gasteiger partial charge in [0.1, 0.15) is 11.9 Å². The third-order valence-corrected chi connectivity index (χ3v) is 5.14. The van der Waals surface area contributed by atoms with Crippen molar-refractivity contribution in [3.63, 3.8) is 0 Å². The molecule has 3 rings (SSSR count). The van der Waals surface area contributed by atoms with Gasteiger partial charge in [0, 0.05) is 12.2 Å². The summed E-state index contributed by atoms with van der Waals surface area (Å²) in [6, 6.07) is 5.05. The van der Waals surface area contributed by atoms with Crippen LogP contribution in [0.1, 0.15) is 22.7 Å². The summed E-state index contributed by atoms with van der Waals surface area (Å²) in [7, 11) is 1.27. The van der Waals surface area contributed by atoms with Gasteiger partial charge in [0.2, 0.25) is 0 Å². The Morgan fingerprint density at radius 2 is 1.92 bits per heavy atom. The summed E-state index contributed by atoms with van der Waals surface area (Å²) in [6.45, 7) is 0. The van der Waals surface area contributed by atoms with E-state index in [1.54, 1.807) is 12.1 Å². The first-order valence-corrected chi connectivity index (χ1v) is 8.47. The van der Waals surface area contributed by atoms with E-state index in [2.05, 4.69) is 15.6 Å². The van der Waals surface area contributed by atoms with E-state index in [9.17, 15) is 13.2 Å². The lowest BCUT2D eigenvalue weighted by Crippen LogP contribution is -2.31. The van der Waals surface area contributed by atoms with E-state index in [0.29, 0.717) is 22.3 Å². The van der Waals surface area contributed by atoms with E-state index in [1.165, 1.54) is 19.3 Å². The highest BCUT2D eigenvalue weighted by Crippen LogP contribution is 2.35. The van der Waals surface area contributed by atoms with Gasteiger partial charge in [-0.25, -0.2) is 4.98 Å². The van der Waals surface area contributed by atoms with Crippen LogP contribution in [0.4, 0.5) is 19.0 Å². The van der Waals surface area contributed by atoms with E-state index in [4.69, 9.17) is 23.2 Å². The molecule has 2 aromatic rings. The number of halogens is 5. The summed E-state index contributed by atoms with van der Waals surface area (Å²) in [5.74, 6) is 0.529. The molecule has 2 atom stereocenters. The van der Waals surface area contributed by atoms with Gasteiger partial charge in [0.25, 0.3) is 0 Å². The Morgan fingerprint density at radius 3 is 2.52 bits per heavy atom. The van der Waals surface area contributed by atoms with Crippen LogP contribution in [0.15, 0.2) is 30.5 Å². The number of anilines is 1.